The van der Waals surface area contributed by atoms with Gasteiger partial charge in [0, 0.05) is 19.1 Å². The van der Waals surface area contributed by atoms with E-state index in [0.29, 0.717) is 18.1 Å². The Bertz CT molecular complexity index is 392. The average Bonchev–Trinajstić information content (AvgIpc) is 2.42. The van der Waals surface area contributed by atoms with Crippen molar-refractivity contribution in [3.63, 3.8) is 0 Å². The van der Waals surface area contributed by atoms with Gasteiger partial charge >= 0.3 is 0 Å². The van der Waals surface area contributed by atoms with Gasteiger partial charge in [-0.25, -0.2) is 9.97 Å². The van der Waals surface area contributed by atoms with Crippen molar-refractivity contribution >= 4 is 11.7 Å². The van der Waals surface area contributed by atoms with Crippen LogP contribution in [0.5, 0.6) is 0 Å². The maximum atomic E-state index is 12.2. The van der Waals surface area contributed by atoms with Crippen LogP contribution in [0.15, 0.2) is 12.4 Å². The van der Waals surface area contributed by atoms with E-state index in [1.54, 1.807) is 11.1 Å². The average molecular weight is 266 g/mol. The normalized spacial score (nSPS) is 10.6. The lowest BCUT2D eigenvalue weighted by Gasteiger charge is -2.25. The van der Waals surface area contributed by atoms with Gasteiger partial charge in [0.25, 0.3) is 5.91 Å². The third-order valence-electron chi connectivity index (χ3n) is 2.65. The molecule has 19 heavy (non-hydrogen) atoms. The first-order valence-corrected chi connectivity index (χ1v) is 6.57. The lowest BCUT2D eigenvalue weighted by Crippen LogP contribution is -2.39. The molecule has 0 atom stereocenters. The van der Waals surface area contributed by atoms with Crippen LogP contribution in [-0.4, -0.2) is 51.6 Å². The highest BCUT2D eigenvalue weighted by Gasteiger charge is 2.19. The van der Waals surface area contributed by atoms with Gasteiger partial charge in [-0.15, -0.1) is 0 Å². The van der Waals surface area contributed by atoms with E-state index in [1.807, 2.05) is 13.8 Å². The van der Waals surface area contributed by atoms with Crippen LogP contribution in [0, 0.1) is 0 Å². The smallest absolute Gasteiger partial charge is 0.274 e. The predicted molar refractivity (Wildman–Crippen MR) is 74.1 cm³/mol. The zero-order valence-electron chi connectivity index (χ0n) is 11.8. The first-order chi connectivity index (χ1) is 9.10. The summed E-state index contributed by atoms with van der Waals surface area (Å²) < 4.78 is 0. The number of aromatic nitrogens is 2. The van der Waals surface area contributed by atoms with Crippen LogP contribution in [0.4, 0.5) is 5.82 Å². The minimum Gasteiger partial charge on any atom is -0.395 e. The molecule has 0 unspecified atom stereocenters. The SMILES string of the molecule is CCCNc1cnc(C(=O)N(CCO)C(C)C)cn1. The molecule has 6 nitrogen and oxygen atoms in total. The second-order valence-electron chi connectivity index (χ2n) is 4.53. The zero-order valence-corrected chi connectivity index (χ0v) is 11.8. The van der Waals surface area contributed by atoms with Crippen LogP contribution in [0.3, 0.4) is 0 Å². The number of carbonyl (C=O) groups is 1. The van der Waals surface area contributed by atoms with Crippen molar-refractivity contribution in [2.24, 2.45) is 0 Å². The number of nitrogens with zero attached hydrogens (tertiary/aromatic N) is 3. The molecule has 0 saturated heterocycles. The molecule has 0 fully saturated rings. The molecule has 0 saturated carbocycles. The van der Waals surface area contributed by atoms with Gasteiger partial charge in [0.1, 0.15) is 11.5 Å². The largest absolute Gasteiger partial charge is 0.395 e. The quantitative estimate of drug-likeness (QED) is 0.774. The van der Waals surface area contributed by atoms with Crippen molar-refractivity contribution in [3.05, 3.63) is 18.1 Å². The highest BCUT2D eigenvalue weighted by Crippen LogP contribution is 2.07. The van der Waals surface area contributed by atoms with Crippen molar-refractivity contribution in [2.45, 2.75) is 33.2 Å². The number of amides is 1. The number of rotatable bonds is 7. The summed E-state index contributed by atoms with van der Waals surface area (Å²) >= 11 is 0. The summed E-state index contributed by atoms with van der Waals surface area (Å²) in [4.78, 5) is 22.0. The van der Waals surface area contributed by atoms with E-state index in [0.717, 1.165) is 13.0 Å². The summed E-state index contributed by atoms with van der Waals surface area (Å²) in [5.41, 5.74) is 0.296. The van der Waals surface area contributed by atoms with Crippen LogP contribution >= 0.6 is 0 Å². The Kier molecular flexibility index (Phi) is 6.21. The van der Waals surface area contributed by atoms with Gasteiger partial charge in [-0.05, 0) is 20.3 Å². The van der Waals surface area contributed by atoms with Gasteiger partial charge in [-0.3, -0.25) is 4.79 Å². The zero-order chi connectivity index (χ0) is 14.3. The van der Waals surface area contributed by atoms with Crippen molar-refractivity contribution < 1.29 is 9.90 Å². The lowest BCUT2D eigenvalue weighted by atomic mass is 10.2. The summed E-state index contributed by atoms with van der Waals surface area (Å²) in [6.45, 7) is 6.93. The molecule has 6 heteroatoms. The molecule has 1 heterocycles. The van der Waals surface area contributed by atoms with E-state index in [9.17, 15) is 4.79 Å². The highest BCUT2D eigenvalue weighted by molar-refractivity contribution is 5.92. The third kappa shape index (κ3) is 4.48. The molecule has 0 aliphatic carbocycles. The Labute approximate surface area is 113 Å². The van der Waals surface area contributed by atoms with Crippen molar-refractivity contribution in [2.75, 3.05) is 25.0 Å². The first kappa shape index (κ1) is 15.4. The molecule has 0 bridgehead atoms. The Hall–Kier alpha value is -1.69. The number of carbonyl (C=O) groups excluding carboxylic acids is 1. The van der Waals surface area contributed by atoms with Gasteiger partial charge in [0.05, 0.1) is 19.0 Å². The first-order valence-electron chi connectivity index (χ1n) is 6.57. The predicted octanol–water partition coefficient (Wildman–Crippen LogP) is 1.14. The Morgan fingerprint density at radius 2 is 2.16 bits per heavy atom. The standard InChI is InChI=1S/C13H22N4O2/c1-4-5-14-12-9-15-11(8-16-12)13(19)17(6-7-18)10(2)3/h8-10,18H,4-7H2,1-3H3,(H,14,16). The topological polar surface area (TPSA) is 78.4 Å². The molecular formula is C13H22N4O2. The monoisotopic (exact) mass is 266 g/mol. The van der Waals surface area contributed by atoms with E-state index in [-0.39, 0.29) is 18.6 Å². The fourth-order valence-electron chi connectivity index (χ4n) is 1.63. The van der Waals surface area contributed by atoms with E-state index in [1.165, 1.54) is 6.20 Å². The second kappa shape index (κ2) is 7.68. The van der Waals surface area contributed by atoms with Gasteiger partial charge in [-0.1, -0.05) is 6.92 Å². The summed E-state index contributed by atoms with van der Waals surface area (Å²) in [7, 11) is 0. The molecule has 1 rings (SSSR count). The summed E-state index contributed by atoms with van der Waals surface area (Å²) in [6.07, 6.45) is 4.02. The van der Waals surface area contributed by atoms with Crippen LogP contribution in [0.1, 0.15) is 37.7 Å². The van der Waals surface area contributed by atoms with Crippen LogP contribution in [-0.2, 0) is 0 Å². The molecule has 0 aromatic carbocycles. The van der Waals surface area contributed by atoms with E-state index < -0.39 is 0 Å². The van der Waals surface area contributed by atoms with Gasteiger partial charge < -0.3 is 15.3 Å². The maximum Gasteiger partial charge on any atom is 0.274 e. The second-order valence-corrected chi connectivity index (χ2v) is 4.53. The Balaban J connectivity index is 2.75. The van der Waals surface area contributed by atoms with Crippen molar-refractivity contribution in [1.29, 1.82) is 0 Å². The Morgan fingerprint density at radius 1 is 1.42 bits per heavy atom. The number of hydrogen-bond donors (Lipinski definition) is 2. The number of aliphatic hydroxyl groups is 1. The fraction of sp³-hybridized carbons (Fsp3) is 0.615. The maximum absolute atomic E-state index is 12.2. The van der Waals surface area contributed by atoms with Crippen LogP contribution in [0.25, 0.3) is 0 Å². The van der Waals surface area contributed by atoms with Crippen molar-refractivity contribution in [3.8, 4) is 0 Å². The molecule has 0 spiro atoms. The molecular weight excluding hydrogens is 244 g/mol. The minimum atomic E-state index is -0.210. The van der Waals surface area contributed by atoms with E-state index in [2.05, 4.69) is 22.2 Å². The molecule has 1 aromatic rings. The number of nitrogens with one attached hydrogen (secondary N) is 1. The molecule has 0 aliphatic rings. The summed E-state index contributed by atoms with van der Waals surface area (Å²) in [5.74, 6) is 0.454. The molecule has 2 N–H and O–H groups in total. The number of anilines is 1. The van der Waals surface area contributed by atoms with Gasteiger partial charge in [0.15, 0.2) is 0 Å². The third-order valence-corrected chi connectivity index (χ3v) is 2.65. The summed E-state index contributed by atoms with van der Waals surface area (Å²) in [6, 6.07) is 0.0133. The van der Waals surface area contributed by atoms with Gasteiger partial charge in [0.2, 0.25) is 0 Å². The number of aliphatic hydroxyl groups excluding tert-OH is 1. The molecule has 0 aliphatic heterocycles. The number of hydrogen-bond acceptors (Lipinski definition) is 5. The Morgan fingerprint density at radius 3 is 2.63 bits per heavy atom. The summed E-state index contributed by atoms with van der Waals surface area (Å²) in [5, 5.41) is 12.1. The molecule has 106 valence electrons. The van der Waals surface area contributed by atoms with Gasteiger partial charge in [-0.2, -0.15) is 0 Å². The minimum absolute atomic E-state index is 0.0133. The highest BCUT2D eigenvalue weighted by atomic mass is 16.3. The van der Waals surface area contributed by atoms with E-state index in [4.69, 9.17) is 5.11 Å². The van der Waals surface area contributed by atoms with Crippen molar-refractivity contribution in [1.82, 2.24) is 14.9 Å². The fourth-order valence-corrected chi connectivity index (χ4v) is 1.63. The van der Waals surface area contributed by atoms with E-state index >= 15 is 0 Å². The van der Waals surface area contributed by atoms with Crippen LogP contribution in [0.2, 0.25) is 0 Å². The molecule has 1 amide bonds. The molecule has 0 radical (unpaired) electrons. The van der Waals surface area contributed by atoms with Crippen LogP contribution < -0.4 is 5.32 Å². The lowest BCUT2D eigenvalue weighted by molar-refractivity contribution is 0.0659. The molecule has 1 aromatic heterocycles.